The van der Waals surface area contributed by atoms with Crippen LogP contribution in [0.1, 0.15) is 17.4 Å². The molecule has 0 radical (unpaired) electrons. The molecule has 0 fully saturated rings. The fraction of sp³-hybridized carbons (Fsp3) is 0.100. The molecule has 0 aliphatic carbocycles. The summed E-state index contributed by atoms with van der Waals surface area (Å²) in [4.78, 5) is 27.3. The molecule has 0 aliphatic heterocycles. The zero-order valence-corrected chi connectivity index (χ0v) is 16.4. The van der Waals surface area contributed by atoms with Crippen LogP contribution in [0.2, 0.25) is 5.02 Å². The van der Waals surface area contributed by atoms with Crippen molar-refractivity contribution in [3.05, 3.63) is 75.6 Å². The van der Waals surface area contributed by atoms with Crippen molar-refractivity contribution in [1.82, 2.24) is 20.0 Å². The normalized spacial score (nSPS) is 10.9. The minimum Gasteiger partial charge on any atom is -0.461 e. The minimum absolute atomic E-state index is 0.00429. The van der Waals surface area contributed by atoms with Crippen molar-refractivity contribution in [2.24, 2.45) is 0 Å². The van der Waals surface area contributed by atoms with Crippen LogP contribution in [0.25, 0.3) is 27.8 Å². The Morgan fingerprint density at radius 2 is 1.97 bits per heavy atom. The summed E-state index contributed by atoms with van der Waals surface area (Å²) in [5, 5.41) is 20.5. The summed E-state index contributed by atoms with van der Waals surface area (Å²) in [6, 6.07) is 12.8. The van der Waals surface area contributed by atoms with Gasteiger partial charge < -0.3 is 4.74 Å². The van der Waals surface area contributed by atoms with Gasteiger partial charge in [0.05, 0.1) is 22.7 Å². The van der Waals surface area contributed by atoms with E-state index in [1.54, 1.807) is 37.4 Å². The average Bonchev–Trinajstić information content (AvgIpc) is 3.18. The summed E-state index contributed by atoms with van der Waals surface area (Å²) in [5.41, 5.74) is 2.07. The lowest BCUT2D eigenvalue weighted by Crippen LogP contribution is -2.08. The Labute approximate surface area is 175 Å². The first-order valence-corrected chi connectivity index (χ1v) is 9.29. The number of ether oxygens (including phenoxy) is 1. The number of esters is 1. The Hall–Kier alpha value is -3.85. The summed E-state index contributed by atoms with van der Waals surface area (Å²) < 4.78 is 6.60. The van der Waals surface area contributed by atoms with E-state index in [9.17, 15) is 14.9 Å². The van der Waals surface area contributed by atoms with Crippen molar-refractivity contribution < 1.29 is 14.5 Å². The van der Waals surface area contributed by atoms with E-state index in [4.69, 9.17) is 16.3 Å². The van der Waals surface area contributed by atoms with E-state index < -0.39 is 10.9 Å². The highest BCUT2D eigenvalue weighted by Gasteiger charge is 2.24. The molecule has 0 amide bonds. The van der Waals surface area contributed by atoms with Crippen molar-refractivity contribution in [3.63, 3.8) is 0 Å². The highest BCUT2D eigenvalue weighted by Crippen LogP contribution is 2.30. The maximum Gasteiger partial charge on any atom is 0.361 e. The molecule has 0 bridgehead atoms. The molecule has 9 nitrogen and oxygen atoms in total. The quantitative estimate of drug-likeness (QED) is 0.268. The number of carbonyl (C=O) groups is 1. The van der Waals surface area contributed by atoms with Gasteiger partial charge in [0, 0.05) is 34.3 Å². The molecule has 0 aliphatic rings. The molecule has 2 aromatic heterocycles. The first-order chi connectivity index (χ1) is 14.5. The summed E-state index contributed by atoms with van der Waals surface area (Å²) in [6.45, 7) is 1.86. The van der Waals surface area contributed by atoms with Gasteiger partial charge in [-0.3, -0.25) is 15.1 Å². The maximum absolute atomic E-state index is 12.5. The fourth-order valence-electron chi connectivity index (χ4n) is 3.08. The van der Waals surface area contributed by atoms with Crippen molar-refractivity contribution in [1.29, 1.82) is 0 Å². The zero-order valence-electron chi connectivity index (χ0n) is 15.7. The van der Waals surface area contributed by atoms with Gasteiger partial charge in [0.1, 0.15) is 5.69 Å². The number of halogens is 1. The van der Waals surface area contributed by atoms with Gasteiger partial charge in [-0.2, -0.15) is 0 Å². The van der Waals surface area contributed by atoms with Crippen molar-refractivity contribution >= 4 is 34.2 Å². The maximum atomic E-state index is 12.5. The van der Waals surface area contributed by atoms with Gasteiger partial charge in [0.2, 0.25) is 0 Å². The van der Waals surface area contributed by atoms with Gasteiger partial charge in [-0.1, -0.05) is 16.8 Å². The van der Waals surface area contributed by atoms with E-state index in [0.717, 1.165) is 5.39 Å². The smallest absolute Gasteiger partial charge is 0.361 e. The van der Waals surface area contributed by atoms with E-state index in [0.29, 0.717) is 27.5 Å². The Morgan fingerprint density at radius 1 is 1.20 bits per heavy atom. The number of non-ortho nitro benzene ring substituents is 1. The summed E-state index contributed by atoms with van der Waals surface area (Å²) in [6.07, 6.45) is 1.60. The van der Waals surface area contributed by atoms with Crippen molar-refractivity contribution in [2.75, 3.05) is 6.61 Å². The number of carbonyl (C=O) groups excluding carboxylic acids is 1. The highest BCUT2D eigenvalue weighted by molar-refractivity contribution is 6.31. The van der Waals surface area contributed by atoms with Crippen molar-refractivity contribution in [2.45, 2.75) is 6.92 Å². The molecule has 4 rings (SSSR count). The third kappa shape index (κ3) is 3.46. The second-order valence-corrected chi connectivity index (χ2v) is 6.65. The molecule has 4 aromatic rings. The van der Waals surface area contributed by atoms with Gasteiger partial charge in [-0.05, 0) is 43.3 Å². The monoisotopic (exact) mass is 423 g/mol. The van der Waals surface area contributed by atoms with Gasteiger partial charge in [0.15, 0.2) is 5.69 Å². The largest absolute Gasteiger partial charge is 0.461 e. The lowest BCUT2D eigenvalue weighted by Gasteiger charge is -2.10. The second-order valence-electron chi connectivity index (χ2n) is 6.21. The number of rotatable bonds is 5. The first-order valence-electron chi connectivity index (χ1n) is 8.92. The highest BCUT2D eigenvalue weighted by atomic mass is 35.5. The van der Waals surface area contributed by atoms with Crippen LogP contribution >= 0.6 is 11.6 Å². The van der Waals surface area contributed by atoms with E-state index in [2.05, 4.69) is 15.3 Å². The van der Waals surface area contributed by atoms with Gasteiger partial charge >= 0.3 is 5.97 Å². The van der Waals surface area contributed by atoms with E-state index in [1.807, 2.05) is 0 Å². The van der Waals surface area contributed by atoms with Crippen LogP contribution in [-0.2, 0) is 4.74 Å². The molecule has 0 spiro atoms. The van der Waals surface area contributed by atoms with E-state index >= 15 is 0 Å². The standard InChI is InChI=1S/C20H14ClN5O4/c1-2-30-20(27)18-19(12-3-6-14(7-4-12)26(28)29)25(24-23-18)17-9-10-22-16-11-13(21)5-8-15(16)17/h3-11H,2H2,1H3. The molecule has 10 heteroatoms. The lowest BCUT2D eigenvalue weighted by atomic mass is 10.1. The second kappa shape index (κ2) is 7.88. The zero-order chi connectivity index (χ0) is 21.3. The molecule has 0 saturated heterocycles. The summed E-state index contributed by atoms with van der Waals surface area (Å²) in [7, 11) is 0. The van der Waals surface area contributed by atoms with Crippen LogP contribution in [0.4, 0.5) is 5.69 Å². The number of benzene rings is 2. The number of hydrogen-bond donors (Lipinski definition) is 0. The van der Waals surface area contributed by atoms with Gasteiger partial charge in [-0.15, -0.1) is 5.10 Å². The number of hydrogen-bond acceptors (Lipinski definition) is 7. The number of nitrogens with zero attached hydrogens (tertiary/aromatic N) is 5. The topological polar surface area (TPSA) is 113 Å². The number of fused-ring (bicyclic) bond motifs is 1. The molecule has 0 unspecified atom stereocenters. The number of nitro benzene ring substituents is 1. The predicted molar refractivity (Wildman–Crippen MR) is 110 cm³/mol. The molecule has 2 aromatic carbocycles. The van der Waals surface area contributed by atoms with E-state index in [1.165, 1.54) is 28.9 Å². The Kier molecular flexibility index (Phi) is 5.11. The fourth-order valence-corrected chi connectivity index (χ4v) is 3.24. The van der Waals surface area contributed by atoms with Crippen molar-refractivity contribution in [3.8, 4) is 16.9 Å². The number of aromatic nitrogens is 4. The molecule has 150 valence electrons. The molecule has 0 N–H and O–H groups in total. The summed E-state index contributed by atoms with van der Waals surface area (Å²) in [5.74, 6) is -0.640. The van der Waals surface area contributed by atoms with Crippen LogP contribution in [0.3, 0.4) is 0 Å². The Bertz CT molecular complexity index is 1270. The minimum atomic E-state index is -0.640. The molecular formula is C20H14ClN5O4. The van der Waals surface area contributed by atoms with Crippen LogP contribution in [0, 0.1) is 10.1 Å². The first kappa shape index (κ1) is 19.5. The molecular weight excluding hydrogens is 410 g/mol. The van der Waals surface area contributed by atoms with Crippen LogP contribution in [0.15, 0.2) is 54.7 Å². The third-order valence-corrected chi connectivity index (χ3v) is 4.64. The van der Waals surface area contributed by atoms with Crippen LogP contribution < -0.4 is 0 Å². The average molecular weight is 424 g/mol. The molecule has 0 saturated carbocycles. The van der Waals surface area contributed by atoms with Gasteiger partial charge in [0.25, 0.3) is 5.69 Å². The predicted octanol–water partition coefficient (Wildman–Crippen LogP) is 4.22. The Balaban J connectivity index is 1.95. The summed E-state index contributed by atoms with van der Waals surface area (Å²) >= 11 is 6.07. The Morgan fingerprint density at radius 3 is 2.67 bits per heavy atom. The molecule has 30 heavy (non-hydrogen) atoms. The number of pyridine rings is 1. The van der Waals surface area contributed by atoms with Gasteiger partial charge in [-0.25, -0.2) is 9.48 Å². The third-order valence-electron chi connectivity index (χ3n) is 4.40. The SMILES string of the molecule is CCOC(=O)c1nnn(-c2ccnc3cc(Cl)ccc23)c1-c1ccc([N+](=O)[O-])cc1. The lowest BCUT2D eigenvalue weighted by molar-refractivity contribution is -0.384. The van der Waals surface area contributed by atoms with Crippen LogP contribution in [0.5, 0.6) is 0 Å². The molecule has 2 heterocycles. The van der Waals surface area contributed by atoms with E-state index in [-0.39, 0.29) is 18.0 Å². The van der Waals surface area contributed by atoms with Crippen LogP contribution in [-0.4, -0.2) is 37.5 Å². The number of nitro groups is 1. The molecule has 0 atom stereocenters.